The second-order valence-electron chi connectivity index (χ2n) is 3.20. The Kier molecular flexibility index (Phi) is 3.60. The van der Waals surface area contributed by atoms with Gasteiger partial charge in [-0.05, 0) is 32.7 Å². The molecule has 0 saturated carbocycles. The summed E-state index contributed by atoms with van der Waals surface area (Å²) in [6, 6.07) is 20.8. The molecule has 0 N–H and O–H groups in total. The highest BCUT2D eigenvalue weighted by Crippen LogP contribution is 2.52. The smallest absolute Gasteiger partial charge is 0.0670 e. The van der Waals surface area contributed by atoms with Crippen LogP contribution in [0.1, 0.15) is 0 Å². The first-order chi connectivity index (χ1) is 7.21. The van der Waals surface area contributed by atoms with Gasteiger partial charge in [0.2, 0.25) is 0 Å². The van der Waals surface area contributed by atoms with Crippen LogP contribution in [-0.2, 0) is 11.8 Å². The zero-order chi connectivity index (χ0) is 10.7. The van der Waals surface area contributed by atoms with Crippen molar-refractivity contribution in [3.8, 4) is 0 Å². The molecule has 2 rings (SSSR count). The van der Waals surface area contributed by atoms with E-state index in [4.69, 9.17) is 11.8 Å². The van der Waals surface area contributed by atoms with Gasteiger partial charge in [0, 0.05) is 0 Å². The number of hydrogen-bond donors (Lipinski definition) is 0. The highest BCUT2D eigenvalue weighted by atomic mass is 127. The van der Waals surface area contributed by atoms with Gasteiger partial charge in [-0.1, -0.05) is 72.5 Å². The first-order valence-electron chi connectivity index (χ1n) is 4.62. The average Bonchev–Trinajstić information content (AvgIpc) is 2.31. The minimum absolute atomic E-state index is 1.27. The van der Waals surface area contributed by atoms with Gasteiger partial charge < -0.3 is 0 Å². The van der Waals surface area contributed by atoms with Crippen LogP contribution in [0.15, 0.2) is 60.7 Å². The predicted molar refractivity (Wildman–Crippen MR) is 80.5 cm³/mol. The molecule has 0 amide bonds. The summed E-state index contributed by atoms with van der Waals surface area (Å²) in [7, 11) is 0. The second kappa shape index (κ2) is 4.77. The van der Waals surface area contributed by atoms with Gasteiger partial charge in [0.05, 0.1) is 3.68 Å². The van der Waals surface area contributed by atoms with Crippen molar-refractivity contribution in [2.45, 2.75) is 0 Å². The van der Waals surface area contributed by atoms with Crippen molar-refractivity contribution in [2.75, 3.05) is 0 Å². The summed E-state index contributed by atoms with van der Waals surface area (Å²) in [5, 5.41) is 2.54. The zero-order valence-corrected chi connectivity index (χ0v) is 11.9. The monoisotopic (exact) mass is 344 g/mol. The Bertz CT molecular complexity index is 438. The maximum Gasteiger partial charge on any atom is 0.0670 e. The quantitative estimate of drug-likeness (QED) is 0.594. The van der Waals surface area contributed by atoms with Crippen LogP contribution in [-0.4, -0.2) is 0 Å². The van der Waals surface area contributed by atoms with E-state index >= 15 is 0 Å². The molecule has 0 bridgehead atoms. The van der Waals surface area contributed by atoms with Crippen molar-refractivity contribution in [3.05, 3.63) is 60.7 Å². The van der Waals surface area contributed by atoms with Crippen LogP contribution in [0.2, 0.25) is 0 Å². The third-order valence-corrected chi connectivity index (χ3v) is 8.71. The molecule has 15 heavy (non-hydrogen) atoms. The fraction of sp³-hybridized carbons (Fsp3) is 0. The van der Waals surface area contributed by atoms with E-state index in [1.165, 1.54) is 10.6 Å². The fourth-order valence-electron chi connectivity index (χ4n) is 1.39. The van der Waals surface area contributed by atoms with Crippen LogP contribution < -0.4 is 10.6 Å². The molecule has 0 aliphatic heterocycles. The SMILES string of the molecule is S=P(I)(c1ccccc1)c1ccccc1. The third kappa shape index (κ3) is 2.49. The molecule has 0 saturated heterocycles. The average molecular weight is 344 g/mol. The molecule has 0 aromatic heterocycles. The summed E-state index contributed by atoms with van der Waals surface area (Å²) < 4.78 is -1.59. The van der Waals surface area contributed by atoms with Crippen LogP contribution in [0.5, 0.6) is 0 Å². The maximum absolute atomic E-state index is 5.77. The highest BCUT2D eigenvalue weighted by Gasteiger charge is 2.16. The summed E-state index contributed by atoms with van der Waals surface area (Å²) in [5.74, 6) is 0. The maximum atomic E-state index is 5.77. The third-order valence-electron chi connectivity index (χ3n) is 2.18. The van der Waals surface area contributed by atoms with E-state index in [1.807, 2.05) is 12.1 Å². The van der Waals surface area contributed by atoms with Gasteiger partial charge in [-0.15, -0.1) is 0 Å². The molecule has 2 aromatic rings. The largest absolute Gasteiger partial charge is 0.0764 e. The molecular weight excluding hydrogens is 334 g/mol. The number of rotatable bonds is 2. The zero-order valence-electron chi connectivity index (χ0n) is 8.01. The van der Waals surface area contributed by atoms with E-state index in [2.05, 4.69) is 70.6 Å². The lowest BCUT2D eigenvalue weighted by molar-refractivity contribution is 1.76. The Morgan fingerprint density at radius 3 is 1.40 bits per heavy atom. The first-order valence-corrected chi connectivity index (χ1v) is 10.2. The van der Waals surface area contributed by atoms with E-state index in [-0.39, 0.29) is 0 Å². The van der Waals surface area contributed by atoms with Crippen LogP contribution in [0.3, 0.4) is 0 Å². The Hall–Kier alpha value is -0.180. The van der Waals surface area contributed by atoms with Crippen molar-refractivity contribution in [2.24, 2.45) is 0 Å². The highest BCUT2D eigenvalue weighted by molar-refractivity contribution is 14.2. The lowest BCUT2D eigenvalue weighted by Gasteiger charge is -2.15. The molecular formula is C12H10IPS. The summed E-state index contributed by atoms with van der Waals surface area (Å²) in [6.07, 6.45) is 0. The molecule has 0 fully saturated rings. The van der Waals surface area contributed by atoms with E-state index in [9.17, 15) is 0 Å². The lowest BCUT2D eigenvalue weighted by Crippen LogP contribution is -2.10. The Labute approximate surface area is 108 Å². The Balaban J connectivity index is 2.50. The predicted octanol–water partition coefficient (Wildman–Crippen LogP) is 3.47. The molecule has 0 radical (unpaired) electrons. The van der Waals surface area contributed by atoms with Crippen molar-refractivity contribution in [1.82, 2.24) is 0 Å². The van der Waals surface area contributed by atoms with Gasteiger partial charge in [0.1, 0.15) is 0 Å². The van der Waals surface area contributed by atoms with Crippen molar-refractivity contribution < 1.29 is 0 Å². The molecule has 0 unspecified atom stereocenters. The second-order valence-corrected chi connectivity index (χ2v) is 13.3. The van der Waals surface area contributed by atoms with Gasteiger partial charge in [-0.25, -0.2) is 0 Å². The van der Waals surface area contributed by atoms with E-state index in [1.54, 1.807) is 0 Å². The van der Waals surface area contributed by atoms with Gasteiger partial charge in [-0.3, -0.25) is 0 Å². The minimum atomic E-state index is -1.59. The van der Waals surface area contributed by atoms with Crippen LogP contribution in [0, 0.1) is 0 Å². The Morgan fingerprint density at radius 2 is 1.07 bits per heavy atom. The number of hydrogen-bond acceptors (Lipinski definition) is 1. The molecule has 2 aromatic carbocycles. The lowest BCUT2D eigenvalue weighted by atomic mass is 10.4. The fourth-order valence-corrected chi connectivity index (χ4v) is 5.46. The molecule has 3 heteroatoms. The van der Waals surface area contributed by atoms with E-state index in [0.717, 1.165) is 0 Å². The summed E-state index contributed by atoms with van der Waals surface area (Å²) >= 11 is 8.21. The van der Waals surface area contributed by atoms with Crippen LogP contribution >= 0.6 is 25.7 Å². The summed E-state index contributed by atoms with van der Waals surface area (Å²) in [6.45, 7) is 0. The van der Waals surface area contributed by atoms with Gasteiger partial charge in [0.15, 0.2) is 0 Å². The van der Waals surface area contributed by atoms with Crippen LogP contribution in [0.25, 0.3) is 0 Å². The molecule has 0 atom stereocenters. The van der Waals surface area contributed by atoms with Crippen molar-refractivity contribution >= 4 is 48.1 Å². The molecule has 0 spiro atoms. The number of halogens is 1. The standard InChI is InChI=1S/C12H10IPS/c13-14(15,11-7-3-1-4-8-11)12-9-5-2-6-10-12/h1-10H. The molecule has 0 nitrogen and oxygen atoms in total. The molecule has 0 heterocycles. The molecule has 76 valence electrons. The first kappa shape index (κ1) is 11.3. The van der Waals surface area contributed by atoms with E-state index in [0.29, 0.717) is 0 Å². The van der Waals surface area contributed by atoms with Crippen molar-refractivity contribution in [3.63, 3.8) is 0 Å². The van der Waals surface area contributed by atoms with Gasteiger partial charge in [0.25, 0.3) is 0 Å². The molecule has 0 aliphatic rings. The Morgan fingerprint density at radius 1 is 0.733 bits per heavy atom. The summed E-state index contributed by atoms with van der Waals surface area (Å²) in [5.41, 5.74) is 0. The van der Waals surface area contributed by atoms with E-state index < -0.39 is 3.68 Å². The number of benzene rings is 2. The topological polar surface area (TPSA) is 0 Å². The summed E-state index contributed by atoms with van der Waals surface area (Å²) in [4.78, 5) is 0. The minimum Gasteiger partial charge on any atom is -0.0764 e. The van der Waals surface area contributed by atoms with Gasteiger partial charge >= 0.3 is 0 Å². The van der Waals surface area contributed by atoms with Crippen molar-refractivity contribution in [1.29, 1.82) is 0 Å². The van der Waals surface area contributed by atoms with Crippen LogP contribution in [0.4, 0.5) is 0 Å². The molecule has 0 aliphatic carbocycles. The normalized spacial score (nSPS) is 11.3. The van der Waals surface area contributed by atoms with Gasteiger partial charge in [-0.2, -0.15) is 0 Å².